The van der Waals surface area contributed by atoms with Crippen LogP contribution in [-0.4, -0.2) is 31.7 Å². The van der Waals surface area contributed by atoms with Gasteiger partial charge in [-0.25, -0.2) is 4.79 Å². The standard InChI is InChI=1S/C19H14ClF3N4O2/c20-14-5-1-12(2-6-14)17(28)25-9-10-26-16(11-25)24-27(18(26)29)15-7-3-13(4-8-15)19(21,22)23/h1-8H,9-11H2. The van der Waals surface area contributed by atoms with Gasteiger partial charge in [-0.05, 0) is 48.5 Å². The average molecular weight is 423 g/mol. The summed E-state index contributed by atoms with van der Waals surface area (Å²) in [6.07, 6.45) is -4.46. The first kappa shape index (κ1) is 19.3. The highest BCUT2D eigenvalue weighted by molar-refractivity contribution is 6.30. The molecule has 150 valence electrons. The highest BCUT2D eigenvalue weighted by atomic mass is 35.5. The van der Waals surface area contributed by atoms with E-state index in [4.69, 9.17) is 11.6 Å². The number of carbonyl (C=O) groups excluding carboxylic acids is 1. The first-order valence-corrected chi connectivity index (χ1v) is 9.03. The van der Waals surface area contributed by atoms with Crippen LogP contribution in [0.2, 0.25) is 5.02 Å². The van der Waals surface area contributed by atoms with Gasteiger partial charge in [0.25, 0.3) is 5.91 Å². The Balaban J connectivity index is 1.60. The van der Waals surface area contributed by atoms with Gasteiger partial charge in [0.05, 0.1) is 17.8 Å². The fourth-order valence-corrected chi connectivity index (χ4v) is 3.28. The molecule has 0 unspecified atom stereocenters. The Hall–Kier alpha value is -3.07. The number of benzene rings is 2. The molecule has 1 aliphatic heterocycles. The summed E-state index contributed by atoms with van der Waals surface area (Å²) in [7, 11) is 0. The predicted molar refractivity (Wildman–Crippen MR) is 99.0 cm³/mol. The van der Waals surface area contributed by atoms with Gasteiger partial charge in [-0.3, -0.25) is 9.36 Å². The average Bonchev–Trinajstić information content (AvgIpc) is 3.03. The van der Waals surface area contributed by atoms with Crippen molar-refractivity contribution < 1.29 is 18.0 Å². The summed E-state index contributed by atoms with van der Waals surface area (Å²) in [5, 5.41) is 4.74. The third kappa shape index (κ3) is 3.65. The van der Waals surface area contributed by atoms with Crippen molar-refractivity contribution in [3.8, 4) is 5.69 Å². The Bertz CT molecular complexity index is 1120. The quantitative estimate of drug-likeness (QED) is 0.636. The van der Waals surface area contributed by atoms with Gasteiger partial charge in [-0.1, -0.05) is 11.6 Å². The van der Waals surface area contributed by atoms with Gasteiger partial charge in [-0.15, -0.1) is 5.10 Å². The van der Waals surface area contributed by atoms with Crippen LogP contribution in [0.5, 0.6) is 0 Å². The van der Waals surface area contributed by atoms with Crippen LogP contribution in [0.1, 0.15) is 21.7 Å². The third-order valence-corrected chi connectivity index (χ3v) is 4.93. The Labute approximate surface area is 167 Å². The topological polar surface area (TPSA) is 60.1 Å². The van der Waals surface area contributed by atoms with Crippen LogP contribution in [0.4, 0.5) is 13.2 Å². The van der Waals surface area contributed by atoms with Crippen LogP contribution < -0.4 is 5.69 Å². The molecule has 0 bridgehead atoms. The van der Waals surface area contributed by atoms with E-state index in [-0.39, 0.29) is 24.7 Å². The molecular weight excluding hydrogens is 409 g/mol. The van der Waals surface area contributed by atoms with Crippen molar-refractivity contribution in [3.63, 3.8) is 0 Å². The molecule has 10 heteroatoms. The van der Waals surface area contributed by atoms with Gasteiger partial charge in [0.2, 0.25) is 0 Å². The number of hydrogen-bond acceptors (Lipinski definition) is 3. The minimum absolute atomic E-state index is 0.115. The van der Waals surface area contributed by atoms with E-state index in [9.17, 15) is 22.8 Å². The number of fused-ring (bicyclic) bond motifs is 1. The van der Waals surface area contributed by atoms with Crippen molar-refractivity contribution in [3.05, 3.63) is 81.0 Å². The minimum Gasteiger partial charge on any atom is -0.329 e. The lowest BCUT2D eigenvalue weighted by Crippen LogP contribution is -2.40. The van der Waals surface area contributed by atoms with Crippen molar-refractivity contribution in [2.24, 2.45) is 0 Å². The Kier molecular flexibility index (Phi) is 4.70. The molecule has 0 fully saturated rings. The molecule has 0 atom stereocenters. The van der Waals surface area contributed by atoms with Crippen LogP contribution in [-0.2, 0) is 19.3 Å². The Morgan fingerprint density at radius 3 is 2.28 bits per heavy atom. The summed E-state index contributed by atoms with van der Waals surface area (Å²) in [6.45, 7) is 0.672. The zero-order chi connectivity index (χ0) is 20.8. The smallest absolute Gasteiger partial charge is 0.329 e. The number of amides is 1. The molecule has 0 N–H and O–H groups in total. The summed E-state index contributed by atoms with van der Waals surface area (Å²) in [6, 6.07) is 10.7. The zero-order valence-corrected chi connectivity index (χ0v) is 15.6. The summed E-state index contributed by atoms with van der Waals surface area (Å²) in [5.74, 6) is 0.146. The van der Waals surface area contributed by atoms with Gasteiger partial charge in [0.1, 0.15) is 0 Å². The molecule has 0 aliphatic carbocycles. The van der Waals surface area contributed by atoms with E-state index in [0.29, 0.717) is 23.0 Å². The fraction of sp³-hybridized carbons (Fsp3) is 0.211. The van der Waals surface area contributed by atoms with Gasteiger partial charge >= 0.3 is 11.9 Å². The predicted octanol–water partition coefficient (Wildman–Crippen LogP) is 3.36. The molecule has 0 saturated heterocycles. The van der Waals surface area contributed by atoms with E-state index in [1.54, 1.807) is 29.2 Å². The molecule has 3 aromatic rings. The number of hydrogen-bond donors (Lipinski definition) is 0. The van der Waals surface area contributed by atoms with E-state index < -0.39 is 17.4 Å². The molecule has 0 spiro atoms. The molecule has 1 aliphatic rings. The van der Waals surface area contributed by atoms with Crippen LogP contribution in [0, 0.1) is 0 Å². The van der Waals surface area contributed by atoms with Gasteiger partial charge < -0.3 is 4.90 Å². The number of alkyl halides is 3. The number of carbonyl (C=O) groups is 1. The normalized spacial score (nSPS) is 14.0. The van der Waals surface area contributed by atoms with Crippen molar-refractivity contribution in [2.75, 3.05) is 6.54 Å². The molecule has 1 aromatic heterocycles. The van der Waals surface area contributed by atoms with Crippen molar-refractivity contribution >= 4 is 17.5 Å². The SMILES string of the molecule is O=C(c1ccc(Cl)cc1)N1CCn2c(nn(-c3ccc(C(F)(F)F)cc3)c2=O)C1. The molecule has 1 amide bonds. The molecule has 2 aromatic carbocycles. The lowest BCUT2D eigenvalue weighted by Gasteiger charge is -2.26. The van der Waals surface area contributed by atoms with Crippen molar-refractivity contribution in [1.82, 2.24) is 19.2 Å². The van der Waals surface area contributed by atoms with Crippen LogP contribution in [0.15, 0.2) is 53.3 Å². The minimum atomic E-state index is -4.46. The van der Waals surface area contributed by atoms with Gasteiger partial charge in [0, 0.05) is 23.7 Å². The van der Waals surface area contributed by atoms with Crippen LogP contribution in [0.25, 0.3) is 5.69 Å². The summed E-state index contributed by atoms with van der Waals surface area (Å²) < 4.78 is 40.7. The maximum Gasteiger partial charge on any atom is 0.416 e. The van der Waals surface area contributed by atoms with Crippen molar-refractivity contribution in [2.45, 2.75) is 19.3 Å². The van der Waals surface area contributed by atoms with Crippen LogP contribution in [0.3, 0.4) is 0 Å². The monoisotopic (exact) mass is 422 g/mol. The second-order valence-electron chi connectivity index (χ2n) is 6.54. The zero-order valence-electron chi connectivity index (χ0n) is 14.9. The van der Waals surface area contributed by atoms with E-state index in [1.165, 1.54) is 16.7 Å². The number of rotatable bonds is 2. The van der Waals surface area contributed by atoms with E-state index in [2.05, 4.69) is 5.10 Å². The first-order valence-electron chi connectivity index (χ1n) is 8.65. The molecular formula is C19H14ClF3N4O2. The largest absolute Gasteiger partial charge is 0.416 e. The molecule has 29 heavy (non-hydrogen) atoms. The number of nitrogens with zero attached hydrogens (tertiary/aromatic N) is 4. The number of aromatic nitrogens is 3. The van der Waals surface area contributed by atoms with Gasteiger partial charge in [0.15, 0.2) is 5.82 Å². The van der Waals surface area contributed by atoms with Crippen molar-refractivity contribution in [1.29, 1.82) is 0 Å². The van der Waals surface area contributed by atoms with Crippen LogP contribution >= 0.6 is 11.6 Å². The second kappa shape index (κ2) is 7.07. The fourth-order valence-electron chi connectivity index (χ4n) is 3.16. The van der Waals surface area contributed by atoms with E-state index in [0.717, 1.165) is 16.8 Å². The lowest BCUT2D eigenvalue weighted by atomic mass is 10.2. The molecule has 4 rings (SSSR count). The van der Waals surface area contributed by atoms with Gasteiger partial charge in [-0.2, -0.15) is 17.9 Å². The number of halogens is 4. The first-order chi connectivity index (χ1) is 13.7. The molecule has 0 saturated carbocycles. The highest BCUT2D eigenvalue weighted by Gasteiger charge is 2.30. The van der Waals surface area contributed by atoms with E-state index in [1.807, 2.05) is 0 Å². The molecule has 0 radical (unpaired) electrons. The molecule has 6 nitrogen and oxygen atoms in total. The lowest BCUT2D eigenvalue weighted by molar-refractivity contribution is -0.137. The summed E-state index contributed by atoms with van der Waals surface area (Å²) in [4.78, 5) is 26.8. The maximum absolute atomic E-state index is 12.7. The highest BCUT2D eigenvalue weighted by Crippen LogP contribution is 2.29. The van der Waals surface area contributed by atoms with E-state index >= 15 is 0 Å². The Morgan fingerprint density at radius 1 is 1.00 bits per heavy atom. The Morgan fingerprint density at radius 2 is 1.66 bits per heavy atom. The molecule has 2 heterocycles. The third-order valence-electron chi connectivity index (χ3n) is 4.68. The maximum atomic E-state index is 12.7. The summed E-state index contributed by atoms with van der Waals surface area (Å²) in [5.41, 5.74) is -0.579. The summed E-state index contributed by atoms with van der Waals surface area (Å²) >= 11 is 5.84. The second-order valence-corrected chi connectivity index (χ2v) is 6.98.